The molecule has 0 fully saturated rings. The molecule has 0 aliphatic carbocycles. The predicted molar refractivity (Wildman–Crippen MR) is 110 cm³/mol. The topological polar surface area (TPSA) is 101 Å². The molecule has 3 aromatic rings. The second-order valence-corrected chi connectivity index (χ2v) is 6.45. The Bertz CT molecular complexity index is 1150. The summed E-state index contributed by atoms with van der Waals surface area (Å²) in [6.45, 7) is 0.217. The number of nitrogens with one attached hydrogen (secondary N) is 1. The fourth-order valence-electron chi connectivity index (χ4n) is 2.67. The molecule has 0 unspecified atom stereocenters. The number of hydrazone groups is 1. The molecule has 0 spiro atoms. The van der Waals surface area contributed by atoms with Gasteiger partial charge in [-0.3, -0.25) is 9.59 Å². The molecule has 2 N–H and O–H groups in total. The minimum absolute atomic E-state index is 0.0484. The van der Waals surface area contributed by atoms with Crippen LogP contribution in [0.2, 0.25) is 5.02 Å². The number of aromatic carboxylic acids is 1. The number of rotatable bonds is 6. The third-order valence-corrected chi connectivity index (χ3v) is 4.49. The molecule has 0 saturated carbocycles. The highest BCUT2D eigenvalue weighted by Crippen LogP contribution is 2.15. The first-order chi connectivity index (χ1) is 14.0. The van der Waals surface area contributed by atoms with Crippen LogP contribution in [0.1, 0.15) is 31.8 Å². The van der Waals surface area contributed by atoms with E-state index in [2.05, 4.69) is 10.5 Å². The van der Waals surface area contributed by atoms with Gasteiger partial charge in [-0.05, 0) is 29.8 Å². The fraction of sp³-hybridized carbons (Fsp3) is 0.0476. The summed E-state index contributed by atoms with van der Waals surface area (Å²) in [5.74, 6) is -1.81. The summed E-state index contributed by atoms with van der Waals surface area (Å²) in [4.78, 5) is 36.2. The lowest BCUT2D eigenvalue weighted by atomic mass is 10.1. The Balaban J connectivity index is 1.78. The zero-order valence-electron chi connectivity index (χ0n) is 15.1. The number of nitrogens with zero attached hydrogens (tertiary/aromatic N) is 2. The number of hydrogen-bond acceptors (Lipinski definition) is 4. The van der Waals surface area contributed by atoms with E-state index in [0.717, 1.165) is 5.56 Å². The van der Waals surface area contributed by atoms with Crippen molar-refractivity contribution in [2.24, 2.45) is 5.10 Å². The van der Waals surface area contributed by atoms with Crippen LogP contribution in [0.3, 0.4) is 0 Å². The summed E-state index contributed by atoms with van der Waals surface area (Å²) in [7, 11) is 0. The number of aromatic nitrogens is 1. The normalized spacial score (nSPS) is 10.8. The molecule has 0 aliphatic heterocycles. The van der Waals surface area contributed by atoms with Gasteiger partial charge in [0.1, 0.15) is 5.56 Å². The van der Waals surface area contributed by atoms with Gasteiger partial charge in [0.05, 0.1) is 18.3 Å². The molecule has 146 valence electrons. The second kappa shape index (κ2) is 8.99. The summed E-state index contributed by atoms with van der Waals surface area (Å²) >= 11 is 6.13. The standard InChI is InChI=1S/C21H16ClN3O4/c22-18-10-4-2-7-15(18)13-25-11-5-9-17(20(25)27)19(26)24-23-12-14-6-1-3-8-16(14)21(28)29/h1-12H,13H2,(H,24,26)(H,28,29)/b23-12-. The molecule has 1 aromatic heterocycles. The maximum Gasteiger partial charge on any atom is 0.336 e. The van der Waals surface area contributed by atoms with Crippen molar-refractivity contribution in [1.29, 1.82) is 0 Å². The van der Waals surface area contributed by atoms with Crippen LogP contribution in [0.15, 0.2) is 76.8 Å². The van der Waals surface area contributed by atoms with Crippen molar-refractivity contribution in [1.82, 2.24) is 9.99 Å². The second-order valence-electron chi connectivity index (χ2n) is 6.04. The number of carboxylic acid groups (broad SMARTS) is 1. The summed E-state index contributed by atoms with van der Waals surface area (Å²) in [5, 5.41) is 13.5. The number of carbonyl (C=O) groups is 2. The summed E-state index contributed by atoms with van der Waals surface area (Å²) in [5.41, 5.74) is 2.79. The van der Waals surface area contributed by atoms with E-state index in [1.807, 2.05) is 6.07 Å². The van der Waals surface area contributed by atoms with Crippen LogP contribution in [0.4, 0.5) is 0 Å². The highest BCUT2D eigenvalue weighted by molar-refractivity contribution is 6.31. The molecule has 2 aromatic carbocycles. The van der Waals surface area contributed by atoms with Crippen LogP contribution >= 0.6 is 11.6 Å². The van der Waals surface area contributed by atoms with Crippen molar-refractivity contribution < 1.29 is 14.7 Å². The van der Waals surface area contributed by atoms with Crippen LogP contribution in [-0.2, 0) is 6.54 Å². The Hall–Kier alpha value is -3.71. The van der Waals surface area contributed by atoms with Gasteiger partial charge in [0.15, 0.2) is 0 Å². The first-order valence-electron chi connectivity index (χ1n) is 8.56. The minimum atomic E-state index is -1.11. The Morgan fingerprint density at radius 2 is 1.72 bits per heavy atom. The van der Waals surface area contributed by atoms with Crippen molar-refractivity contribution in [3.05, 3.63) is 104 Å². The molecule has 0 bridgehead atoms. The van der Waals surface area contributed by atoms with Gasteiger partial charge in [0, 0.05) is 16.8 Å². The van der Waals surface area contributed by atoms with Gasteiger partial charge in [-0.25, -0.2) is 10.2 Å². The quantitative estimate of drug-likeness (QED) is 0.482. The van der Waals surface area contributed by atoms with Gasteiger partial charge in [0.2, 0.25) is 0 Å². The molecular formula is C21H16ClN3O4. The van der Waals surface area contributed by atoms with Crippen LogP contribution in [0, 0.1) is 0 Å². The molecule has 1 heterocycles. The maximum atomic E-state index is 12.6. The van der Waals surface area contributed by atoms with Crippen molar-refractivity contribution in [3.63, 3.8) is 0 Å². The molecule has 7 nitrogen and oxygen atoms in total. The molecule has 0 saturated heterocycles. The highest BCUT2D eigenvalue weighted by atomic mass is 35.5. The zero-order valence-corrected chi connectivity index (χ0v) is 15.8. The van der Waals surface area contributed by atoms with E-state index in [1.54, 1.807) is 48.7 Å². The Morgan fingerprint density at radius 1 is 1.03 bits per heavy atom. The molecule has 8 heteroatoms. The molecular weight excluding hydrogens is 394 g/mol. The number of carbonyl (C=O) groups excluding carboxylic acids is 1. The first-order valence-corrected chi connectivity index (χ1v) is 8.94. The summed E-state index contributed by atoms with van der Waals surface area (Å²) in [6.07, 6.45) is 2.78. The fourth-order valence-corrected chi connectivity index (χ4v) is 2.86. The van der Waals surface area contributed by atoms with Gasteiger partial charge in [-0.1, -0.05) is 48.0 Å². The lowest BCUT2D eigenvalue weighted by Crippen LogP contribution is -2.31. The van der Waals surface area contributed by atoms with E-state index in [1.165, 1.54) is 22.9 Å². The monoisotopic (exact) mass is 409 g/mol. The lowest BCUT2D eigenvalue weighted by Gasteiger charge is -2.09. The highest BCUT2D eigenvalue weighted by Gasteiger charge is 2.13. The lowest BCUT2D eigenvalue weighted by molar-refractivity contribution is 0.0696. The largest absolute Gasteiger partial charge is 0.478 e. The minimum Gasteiger partial charge on any atom is -0.478 e. The van der Waals surface area contributed by atoms with Crippen molar-refractivity contribution >= 4 is 29.7 Å². The van der Waals surface area contributed by atoms with Crippen LogP contribution in [0.25, 0.3) is 0 Å². The predicted octanol–water partition coefficient (Wildman–Crippen LogP) is 3.01. The van der Waals surface area contributed by atoms with Gasteiger partial charge in [-0.15, -0.1) is 0 Å². The molecule has 29 heavy (non-hydrogen) atoms. The van der Waals surface area contributed by atoms with E-state index in [9.17, 15) is 14.4 Å². The number of amides is 1. The number of benzene rings is 2. The van der Waals surface area contributed by atoms with E-state index in [4.69, 9.17) is 16.7 Å². The molecule has 3 rings (SSSR count). The number of hydrogen-bond donors (Lipinski definition) is 2. The van der Waals surface area contributed by atoms with Gasteiger partial charge >= 0.3 is 5.97 Å². The van der Waals surface area contributed by atoms with Crippen LogP contribution < -0.4 is 11.0 Å². The van der Waals surface area contributed by atoms with Crippen molar-refractivity contribution in [2.75, 3.05) is 0 Å². The van der Waals surface area contributed by atoms with Gasteiger partial charge in [0.25, 0.3) is 11.5 Å². The van der Waals surface area contributed by atoms with E-state index in [-0.39, 0.29) is 17.7 Å². The third kappa shape index (κ3) is 4.77. The average Bonchev–Trinajstić information content (AvgIpc) is 2.71. The molecule has 0 aliphatic rings. The molecule has 1 amide bonds. The Kier molecular flexibility index (Phi) is 6.21. The van der Waals surface area contributed by atoms with Crippen LogP contribution in [-0.4, -0.2) is 27.8 Å². The third-order valence-electron chi connectivity index (χ3n) is 4.12. The number of pyridine rings is 1. The van der Waals surface area contributed by atoms with Gasteiger partial charge in [-0.2, -0.15) is 5.10 Å². The first kappa shape index (κ1) is 20.0. The van der Waals surface area contributed by atoms with Crippen LogP contribution in [0.5, 0.6) is 0 Å². The van der Waals surface area contributed by atoms with E-state index < -0.39 is 17.4 Å². The summed E-state index contributed by atoms with van der Waals surface area (Å²) < 4.78 is 1.37. The maximum absolute atomic E-state index is 12.6. The Morgan fingerprint density at radius 3 is 2.48 bits per heavy atom. The van der Waals surface area contributed by atoms with Crippen molar-refractivity contribution in [3.8, 4) is 0 Å². The number of halogens is 1. The molecule has 0 radical (unpaired) electrons. The average molecular weight is 410 g/mol. The molecule has 0 atom stereocenters. The van der Waals surface area contributed by atoms with Gasteiger partial charge < -0.3 is 9.67 Å². The van der Waals surface area contributed by atoms with E-state index in [0.29, 0.717) is 10.6 Å². The van der Waals surface area contributed by atoms with E-state index >= 15 is 0 Å². The van der Waals surface area contributed by atoms with Crippen molar-refractivity contribution in [2.45, 2.75) is 6.54 Å². The number of carboxylic acids is 1. The summed E-state index contributed by atoms with van der Waals surface area (Å²) in [6, 6.07) is 16.3. The zero-order chi connectivity index (χ0) is 20.8. The SMILES string of the molecule is O=C(O)c1ccccc1/C=N\NC(=O)c1cccn(Cc2ccccc2Cl)c1=O. The Labute approximate surface area is 170 Å². The smallest absolute Gasteiger partial charge is 0.336 e.